The summed E-state index contributed by atoms with van der Waals surface area (Å²) >= 11 is 0. The number of aliphatic hydroxyl groups excluding tert-OH is 12. The van der Waals surface area contributed by atoms with Crippen LogP contribution in [-0.2, 0) is 33.2 Å². The van der Waals surface area contributed by atoms with E-state index in [-0.39, 0.29) is 0 Å². The van der Waals surface area contributed by atoms with Gasteiger partial charge in [0.05, 0.1) is 25.4 Å². The van der Waals surface area contributed by atoms with Crippen molar-refractivity contribution in [3.05, 3.63) is 0 Å². The molecule has 4 heterocycles. The van der Waals surface area contributed by atoms with Crippen LogP contribution in [-0.4, -0.2) is 197 Å². The highest BCUT2D eigenvalue weighted by Crippen LogP contribution is 2.34. The minimum absolute atomic E-state index is 0.777. The summed E-state index contributed by atoms with van der Waals surface area (Å²) in [5, 5.41) is 123. The van der Waals surface area contributed by atoms with E-state index in [0.29, 0.717) is 0 Å². The first kappa shape index (κ1) is 35.1. The lowest BCUT2D eigenvalue weighted by Crippen LogP contribution is -2.67. The van der Waals surface area contributed by atoms with Gasteiger partial charge in [-0.1, -0.05) is 0 Å². The van der Waals surface area contributed by atoms with E-state index >= 15 is 0 Å². The Kier molecular flexibility index (Phi) is 11.7. The molecule has 0 radical (unpaired) electrons. The molecule has 0 aromatic rings. The standard InChI is InChI=1S/C24H42O19/c1-5-9(27)12(30)15(33)22(38-5)41-18-8(4-26)40-24(17(35)14(18)32)42-19-10(28)6(2)37-21(36)20(19)43-23-16(34)13(31)11(29)7(3-25)39-23/h5-36H,3-4H2,1-2H3/t5-,6+,7+,8+,9-,10-,11+,12+,13-,14+,15+,16+,17+,18+,19-,20+,21?,22-,23-,24-/m0/s1. The molecule has 19 nitrogen and oxygen atoms in total. The van der Waals surface area contributed by atoms with Crippen LogP contribution in [0.15, 0.2) is 0 Å². The second kappa shape index (κ2) is 14.3. The monoisotopic (exact) mass is 634 g/mol. The summed E-state index contributed by atoms with van der Waals surface area (Å²) in [6.07, 6.45) is -32.7. The highest BCUT2D eigenvalue weighted by atomic mass is 16.8. The fourth-order valence-corrected chi connectivity index (χ4v) is 5.41. The molecule has 1 unspecified atom stereocenters. The lowest BCUT2D eigenvalue weighted by molar-refractivity contribution is -0.393. The Morgan fingerprint density at radius 2 is 0.860 bits per heavy atom. The van der Waals surface area contributed by atoms with Crippen molar-refractivity contribution in [2.75, 3.05) is 13.2 Å². The van der Waals surface area contributed by atoms with Gasteiger partial charge in [-0.25, -0.2) is 0 Å². The largest absolute Gasteiger partial charge is 0.394 e. The molecule has 12 N–H and O–H groups in total. The Hall–Kier alpha value is -0.760. The van der Waals surface area contributed by atoms with E-state index in [1.807, 2.05) is 0 Å². The van der Waals surface area contributed by atoms with Gasteiger partial charge in [-0.3, -0.25) is 0 Å². The summed E-state index contributed by atoms with van der Waals surface area (Å²) in [5.41, 5.74) is 0. The maximum Gasteiger partial charge on any atom is 0.187 e. The predicted octanol–water partition coefficient (Wildman–Crippen LogP) is -7.69. The average Bonchev–Trinajstić information content (AvgIpc) is 2.98. The molecule has 0 aromatic heterocycles. The van der Waals surface area contributed by atoms with Crippen LogP contribution in [0.2, 0.25) is 0 Å². The molecule has 19 heteroatoms. The van der Waals surface area contributed by atoms with Gasteiger partial charge < -0.3 is 94.4 Å². The van der Waals surface area contributed by atoms with Gasteiger partial charge in [0.1, 0.15) is 85.5 Å². The van der Waals surface area contributed by atoms with E-state index in [1.165, 1.54) is 13.8 Å². The predicted molar refractivity (Wildman–Crippen MR) is 131 cm³/mol. The molecule has 4 rings (SSSR count). The van der Waals surface area contributed by atoms with Gasteiger partial charge in [0.2, 0.25) is 0 Å². The van der Waals surface area contributed by atoms with Crippen molar-refractivity contribution in [3.63, 3.8) is 0 Å². The first-order valence-corrected chi connectivity index (χ1v) is 13.8. The highest BCUT2D eigenvalue weighted by molar-refractivity contribution is 4.97. The van der Waals surface area contributed by atoms with Crippen molar-refractivity contribution in [2.24, 2.45) is 0 Å². The van der Waals surface area contributed by atoms with Gasteiger partial charge >= 0.3 is 0 Å². The smallest absolute Gasteiger partial charge is 0.187 e. The third-order valence-corrected chi connectivity index (χ3v) is 8.13. The number of rotatable bonds is 8. The quantitative estimate of drug-likeness (QED) is 0.118. The van der Waals surface area contributed by atoms with Crippen molar-refractivity contribution in [2.45, 2.75) is 137 Å². The van der Waals surface area contributed by atoms with Gasteiger partial charge in [-0.15, -0.1) is 0 Å². The minimum Gasteiger partial charge on any atom is -0.394 e. The molecule has 4 fully saturated rings. The van der Waals surface area contributed by atoms with Crippen molar-refractivity contribution < 1.29 is 94.4 Å². The SMILES string of the molecule is C[C@@H]1O[C@@H](O[C@H]2[C@H](O)[C@@H](O)[C@H](O[C@H]3[C@@H](O)[C@@H](C)OC(O)[C@@H]3O[C@@H]3O[C@H](CO)[C@@H](O)[C@H](O)[C@H]3O)O[C@@H]2CO)[C@H](O)[C@H](O)[C@H]1O. The van der Waals surface area contributed by atoms with E-state index < -0.39 is 136 Å². The van der Waals surface area contributed by atoms with Crippen LogP contribution in [0.4, 0.5) is 0 Å². The summed E-state index contributed by atoms with van der Waals surface area (Å²) < 4.78 is 38.4. The molecule has 4 saturated heterocycles. The molecule has 0 aliphatic carbocycles. The number of hydrogen-bond donors (Lipinski definition) is 12. The fourth-order valence-electron chi connectivity index (χ4n) is 5.41. The molecule has 0 spiro atoms. The molecule has 4 aliphatic rings. The summed E-state index contributed by atoms with van der Waals surface area (Å²) in [4.78, 5) is 0. The van der Waals surface area contributed by atoms with Crippen molar-refractivity contribution >= 4 is 0 Å². The van der Waals surface area contributed by atoms with Gasteiger partial charge in [-0.05, 0) is 13.8 Å². The Balaban J connectivity index is 1.50. The average molecular weight is 635 g/mol. The third kappa shape index (κ3) is 7.00. The number of aliphatic hydroxyl groups is 12. The van der Waals surface area contributed by atoms with Gasteiger partial charge in [-0.2, -0.15) is 0 Å². The van der Waals surface area contributed by atoms with E-state index in [4.69, 9.17) is 33.2 Å². The Morgan fingerprint density at radius 1 is 0.419 bits per heavy atom. The summed E-state index contributed by atoms with van der Waals surface area (Å²) in [6, 6.07) is 0. The van der Waals surface area contributed by atoms with Crippen molar-refractivity contribution in [3.8, 4) is 0 Å². The van der Waals surface area contributed by atoms with E-state index in [1.54, 1.807) is 0 Å². The molecule has 252 valence electrons. The minimum atomic E-state index is -1.96. The molecular formula is C24H42O19. The van der Waals surface area contributed by atoms with Crippen LogP contribution in [0, 0.1) is 0 Å². The van der Waals surface area contributed by atoms with E-state index in [2.05, 4.69) is 0 Å². The van der Waals surface area contributed by atoms with Crippen LogP contribution in [0.3, 0.4) is 0 Å². The van der Waals surface area contributed by atoms with E-state index in [9.17, 15) is 61.3 Å². The van der Waals surface area contributed by atoms with Crippen LogP contribution < -0.4 is 0 Å². The van der Waals surface area contributed by atoms with E-state index in [0.717, 1.165) is 0 Å². The molecule has 0 aromatic carbocycles. The third-order valence-electron chi connectivity index (χ3n) is 8.13. The van der Waals surface area contributed by atoms with Crippen molar-refractivity contribution in [1.29, 1.82) is 0 Å². The maximum atomic E-state index is 10.9. The Bertz CT molecular complexity index is 882. The molecular weight excluding hydrogens is 592 g/mol. The van der Waals surface area contributed by atoms with Gasteiger partial charge in [0.25, 0.3) is 0 Å². The van der Waals surface area contributed by atoms with Crippen LogP contribution in [0.25, 0.3) is 0 Å². The summed E-state index contributed by atoms with van der Waals surface area (Å²) in [6.45, 7) is 1.15. The van der Waals surface area contributed by atoms with Gasteiger partial charge in [0.15, 0.2) is 25.2 Å². The summed E-state index contributed by atoms with van der Waals surface area (Å²) in [7, 11) is 0. The molecule has 43 heavy (non-hydrogen) atoms. The summed E-state index contributed by atoms with van der Waals surface area (Å²) in [5.74, 6) is 0. The zero-order chi connectivity index (χ0) is 31.9. The van der Waals surface area contributed by atoms with Crippen LogP contribution >= 0.6 is 0 Å². The zero-order valence-corrected chi connectivity index (χ0v) is 23.2. The lowest BCUT2D eigenvalue weighted by atomic mass is 9.96. The molecule has 4 aliphatic heterocycles. The Morgan fingerprint density at radius 3 is 1.44 bits per heavy atom. The Labute approximate surface area is 244 Å². The first-order valence-electron chi connectivity index (χ1n) is 13.8. The molecule has 0 bridgehead atoms. The number of hydrogen-bond acceptors (Lipinski definition) is 19. The topological polar surface area (TPSA) is 307 Å². The lowest BCUT2D eigenvalue weighted by Gasteiger charge is -2.49. The maximum absolute atomic E-state index is 10.9. The molecule has 0 saturated carbocycles. The fraction of sp³-hybridized carbons (Fsp3) is 1.00. The van der Waals surface area contributed by atoms with Crippen LogP contribution in [0.1, 0.15) is 13.8 Å². The first-order chi connectivity index (χ1) is 20.2. The zero-order valence-electron chi connectivity index (χ0n) is 23.2. The van der Waals surface area contributed by atoms with Crippen molar-refractivity contribution in [1.82, 2.24) is 0 Å². The normalized spacial score (nSPS) is 54.8. The second-order valence-electron chi connectivity index (χ2n) is 11.1. The second-order valence-corrected chi connectivity index (χ2v) is 11.1. The van der Waals surface area contributed by atoms with Crippen LogP contribution in [0.5, 0.6) is 0 Å². The molecule has 20 atom stereocenters. The highest BCUT2D eigenvalue weighted by Gasteiger charge is 2.54. The van der Waals surface area contributed by atoms with Gasteiger partial charge in [0, 0.05) is 0 Å². The number of ether oxygens (including phenoxy) is 7. The molecule has 0 amide bonds.